The Morgan fingerprint density at radius 2 is 1.84 bits per heavy atom. The average Bonchev–Trinajstić information content (AvgIpc) is 2.35. The Bertz CT molecular complexity index is 638. The van der Waals surface area contributed by atoms with Crippen LogP contribution in [-0.4, -0.2) is 11.1 Å². The van der Waals surface area contributed by atoms with Crippen molar-refractivity contribution in [2.45, 2.75) is 13.8 Å². The van der Waals surface area contributed by atoms with E-state index in [0.29, 0.717) is 5.69 Å². The molecule has 19 heavy (non-hydrogen) atoms. The molecule has 2 rings (SSSR count). The molecule has 0 aliphatic rings. The zero-order valence-corrected chi connectivity index (χ0v) is 10.7. The fraction of sp³-hybridized carbons (Fsp3) is 0.133. The fourth-order valence-corrected chi connectivity index (χ4v) is 1.82. The third-order valence-electron chi connectivity index (χ3n) is 2.87. The SMILES string of the molecule is Cc1ccc(C)c(Nc2ccc(F)cc2C(=O)O)c1. The van der Waals surface area contributed by atoms with Crippen molar-refractivity contribution in [3.63, 3.8) is 0 Å². The second kappa shape index (κ2) is 5.10. The van der Waals surface area contributed by atoms with Gasteiger partial charge in [0.1, 0.15) is 5.82 Å². The topological polar surface area (TPSA) is 49.3 Å². The van der Waals surface area contributed by atoms with Gasteiger partial charge in [-0.3, -0.25) is 0 Å². The van der Waals surface area contributed by atoms with Crippen LogP contribution in [0.1, 0.15) is 21.5 Å². The van der Waals surface area contributed by atoms with Crippen molar-refractivity contribution in [1.29, 1.82) is 0 Å². The van der Waals surface area contributed by atoms with Crippen molar-refractivity contribution in [3.8, 4) is 0 Å². The molecule has 0 atom stereocenters. The zero-order chi connectivity index (χ0) is 14.0. The van der Waals surface area contributed by atoms with Crippen LogP contribution in [0.5, 0.6) is 0 Å². The molecule has 2 aromatic carbocycles. The summed E-state index contributed by atoms with van der Waals surface area (Å²) >= 11 is 0. The molecule has 98 valence electrons. The van der Waals surface area contributed by atoms with E-state index in [1.165, 1.54) is 12.1 Å². The number of aromatic carboxylic acids is 1. The molecule has 0 aliphatic carbocycles. The molecule has 0 unspecified atom stereocenters. The fourth-order valence-electron chi connectivity index (χ4n) is 1.82. The Morgan fingerprint density at radius 3 is 2.53 bits per heavy atom. The maximum absolute atomic E-state index is 13.1. The van der Waals surface area contributed by atoms with E-state index in [0.717, 1.165) is 22.9 Å². The van der Waals surface area contributed by atoms with Crippen LogP contribution in [0.4, 0.5) is 15.8 Å². The van der Waals surface area contributed by atoms with Gasteiger partial charge in [-0.1, -0.05) is 12.1 Å². The summed E-state index contributed by atoms with van der Waals surface area (Å²) in [5, 5.41) is 12.1. The van der Waals surface area contributed by atoms with Crippen LogP contribution >= 0.6 is 0 Å². The summed E-state index contributed by atoms with van der Waals surface area (Å²) in [6.07, 6.45) is 0. The minimum Gasteiger partial charge on any atom is -0.478 e. The quantitative estimate of drug-likeness (QED) is 0.879. The second-order valence-electron chi connectivity index (χ2n) is 4.44. The molecule has 0 heterocycles. The molecule has 3 nitrogen and oxygen atoms in total. The summed E-state index contributed by atoms with van der Waals surface area (Å²) in [7, 11) is 0. The molecule has 4 heteroatoms. The molecule has 0 saturated heterocycles. The number of halogens is 1. The Labute approximate surface area is 110 Å². The van der Waals surface area contributed by atoms with Gasteiger partial charge < -0.3 is 10.4 Å². The predicted molar refractivity (Wildman–Crippen MR) is 72.6 cm³/mol. The maximum Gasteiger partial charge on any atom is 0.337 e. The van der Waals surface area contributed by atoms with Gasteiger partial charge >= 0.3 is 5.97 Å². The number of hydrogen-bond donors (Lipinski definition) is 2. The number of benzene rings is 2. The molecule has 0 spiro atoms. The average molecular weight is 259 g/mol. The number of hydrogen-bond acceptors (Lipinski definition) is 2. The lowest BCUT2D eigenvalue weighted by atomic mass is 10.1. The second-order valence-corrected chi connectivity index (χ2v) is 4.44. The summed E-state index contributed by atoms with van der Waals surface area (Å²) in [6, 6.07) is 9.52. The summed E-state index contributed by atoms with van der Waals surface area (Å²) < 4.78 is 13.1. The molecule has 0 saturated carbocycles. The lowest BCUT2D eigenvalue weighted by Crippen LogP contribution is -2.04. The van der Waals surface area contributed by atoms with Gasteiger partial charge in [-0.05, 0) is 49.2 Å². The number of carboxylic acid groups (broad SMARTS) is 1. The molecular weight excluding hydrogens is 245 g/mol. The molecule has 0 amide bonds. The Balaban J connectivity index is 2.43. The van der Waals surface area contributed by atoms with Crippen LogP contribution in [0, 0.1) is 19.7 Å². The van der Waals surface area contributed by atoms with Gasteiger partial charge in [0.05, 0.1) is 11.3 Å². The van der Waals surface area contributed by atoms with Gasteiger partial charge in [-0.25, -0.2) is 9.18 Å². The number of anilines is 2. The lowest BCUT2D eigenvalue weighted by molar-refractivity contribution is 0.0697. The van der Waals surface area contributed by atoms with Crippen LogP contribution < -0.4 is 5.32 Å². The molecule has 0 bridgehead atoms. The highest BCUT2D eigenvalue weighted by atomic mass is 19.1. The highest BCUT2D eigenvalue weighted by molar-refractivity contribution is 5.95. The minimum absolute atomic E-state index is 0.0825. The molecule has 0 aliphatic heterocycles. The normalized spacial score (nSPS) is 10.3. The smallest absolute Gasteiger partial charge is 0.337 e. The Morgan fingerprint density at radius 1 is 1.11 bits per heavy atom. The molecule has 0 aromatic heterocycles. The van der Waals surface area contributed by atoms with Crippen molar-refractivity contribution in [1.82, 2.24) is 0 Å². The molecule has 0 fully saturated rings. The van der Waals surface area contributed by atoms with Crippen LogP contribution in [0.2, 0.25) is 0 Å². The van der Waals surface area contributed by atoms with E-state index in [1.807, 2.05) is 32.0 Å². The largest absolute Gasteiger partial charge is 0.478 e. The zero-order valence-electron chi connectivity index (χ0n) is 10.7. The van der Waals surface area contributed by atoms with Crippen molar-refractivity contribution in [2.24, 2.45) is 0 Å². The van der Waals surface area contributed by atoms with Gasteiger partial charge in [0, 0.05) is 5.69 Å². The predicted octanol–water partition coefficient (Wildman–Crippen LogP) is 3.88. The number of carbonyl (C=O) groups is 1. The van der Waals surface area contributed by atoms with E-state index in [2.05, 4.69) is 5.32 Å². The number of carboxylic acids is 1. The van der Waals surface area contributed by atoms with Crippen molar-refractivity contribution >= 4 is 17.3 Å². The van der Waals surface area contributed by atoms with E-state index in [1.54, 1.807) is 0 Å². The van der Waals surface area contributed by atoms with Crippen LogP contribution in [0.3, 0.4) is 0 Å². The summed E-state index contributed by atoms with van der Waals surface area (Å²) in [6.45, 7) is 3.87. The summed E-state index contributed by atoms with van der Waals surface area (Å²) in [5.74, 6) is -1.73. The molecule has 0 radical (unpaired) electrons. The van der Waals surface area contributed by atoms with E-state index >= 15 is 0 Å². The highest BCUT2D eigenvalue weighted by Gasteiger charge is 2.12. The van der Waals surface area contributed by atoms with Crippen molar-refractivity contribution < 1.29 is 14.3 Å². The summed E-state index contributed by atoms with van der Waals surface area (Å²) in [5.41, 5.74) is 3.16. The van der Waals surface area contributed by atoms with Crippen molar-refractivity contribution in [2.75, 3.05) is 5.32 Å². The first-order valence-corrected chi connectivity index (χ1v) is 5.84. The molecule has 2 aromatic rings. The molecular formula is C15H14FNO2. The first-order chi connectivity index (χ1) is 8.97. The van der Waals surface area contributed by atoms with Crippen LogP contribution in [-0.2, 0) is 0 Å². The Kier molecular flexibility index (Phi) is 3.51. The van der Waals surface area contributed by atoms with Gasteiger partial charge in [-0.2, -0.15) is 0 Å². The van der Waals surface area contributed by atoms with Crippen LogP contribution in [0.15, 0.2) is 36.4 Å². The van der Waals surface area contributed by atoms with Crippen molar-refractivity contribution in [3.05, 3.63) is 58.9 Å². The minimum atomic E-state index is -1.16. The number of nitrogens with one attached hydrogen (secondary N) is 1. The number of aryl methyl sites for hydroxylation is 2. The van der Waals surface area contributed by atoms with Gasteiger partial charge in [0.2, 0.25) is 0 Å². The molecule has 2 N–H and O–H groups in total. The first kappa shape index (κ1) is 13.1. The highest BCUT2D eigenvalue weighted by Crippen LogP contribution is 2.25. The first-order valence-electron chi connectivity index (χ1n) is 5.84. The van der Waals surface area contributed by atoms with E-state index in [-0.39, 0.29) is 5.56 Å². The lowest BCUT2D eigenvalue weighted by Gasteiger charge is -2.12. The van der Waals surface area contributed by atoms with E-state index in [4.69, 9.17) is 5.11 Å². The van der Waals surface area contributed by atoms with Gasteiger partial charge in [0.25, 0.3) is 0 Å². The summed E-state index contributed by atoms with van der Waals surface area (Å²) in [4.78, 5) is 11.1. The van der Waals surface area contributed by atoms with E-state index in [9.17, 15) is 9.18 Å². The Hall–Kier alpha value is -2.36. The standard InChI is InChI=1S/C15H14FNO2/c1-9-3-4-10(2)14(7-9)17-13-6-5-11(16)8-12(13)15(18)19/h3-8,17H,1-2H3,(H,18,19). The van der Waals surface area contributed by atoms with Gasteiger partial charge in [0.15, 0.2) is 0 Å². The van der Waals surface area contributed by atoms with E-state index < -0.39 is 11.8 Å². The monoisotopic (exact) mass is 259 g/mol. The number of rotatable bonds is 3. The third kappa shape index (κ3) is 2.91. The maximum atomic E-state index is 13.1. The van der Waals surface area contributed by atoms with Crippen LogP contribution in [0.25, 0.3) is 0 Å². The third-order valence-corrected chi connectivity index (χ3v) is 2.87. The van der Waals surface area contributed by atoms with Gasteiger partial charge in [-0.15, -0.1) is 0 Å².